The standard InChI is InChI=1S/C20H20N2O3/c23-16(21-9-14-7-11-3-1-2-4-15(11)14)10-22-19(24)17-12-5-6-13(8-12)18(17)20(22)25/h1-6,12-14,17-18H,7-10H2,(H,21,23)/t12-,13-,14-,17+,18+/m0/s1. The summed E-state index contributed by atoms with van der Waals surface area (Å²) in [7, 11) is 0. The van der Waals surface area contributed by atoms with Crippen LogP contribution in [0.4, 0.5) is 0 Å². The van der Waals surface area contributed by atoms with Crippen LogP contribution in [0.2, 0.25) is 0 Å². The minimum absolute atomic E-state index is 0.140. The van der Waals surface area contributed by atoms with E-state index in [0.717, 1.165) is 12.8 Å². The van der Waals surface area contributed by atoms with Gasteiger partial charge in [-0.25, -0.2) is 0 Å². The fourth-order valence-electron chi connectivity index (χ4n) is 5.10. The first-order valence-electron chi connectivity index (χ1n) is 9.01. The number of nitrogens with one attached hydrogen (secondary N) is 1. The number of likely N-dealkylation sites (tertiary alicyclic amines) is 1. The van der Waals surface area contributed by atoms with Gasteiger partial charge in [0.2, 0.25) is 17.7 Å². The molecule has 1 saturated carbocycles. The monoisotopic (exact) mass is 336 g/mol. The topological polar surface area (TPSA) is 66.5 Å². The largest absolute Gasteiger partial charge is 0.354 e. The molecule has 1 saturated heterocycles. The van der Waals surface area contributed by atoms with E-state index in [0.29, 0.717) is 12.5 Å². The molecule has 2 fully saturated rings. The average molecular weight is 336 g/mol. The minimum Gasteiger partial charge on any atom is -0.354 e. The molecule has 0 spiro atoms. The number of rotatable bonds is 4. The molecule has 5 atom stereocenters. The van der Waals surface area contributed by atoms with E-state index in [1.807, 2.05) is 12.1 Å². The van der Waals surface area contributed by atoms with E-state index in [4.69, 9.17) is 0 Å². The maximum absolute atomic E-state index is 12.6. The highest BCUT2D eigenvalue weighted by Gasteiger charge is 2.59. The first-order chi connectivity index (χ1) is 12.1. The molecule has 25 heavy (non-hydrogen) atoms. The summed E-state index contributed by atoms with van der Waals surface area (Å²) in [5.41, 5.74) is 2.62. The summed E-state index contributed by atoms with van der Waals surface area (Å²) in [5, 5.41) is 2.90. The summed E-state index contributed by atoms with van der Waals surface area (Å²) in [6, 6.07) is 8.23. The van der Waals surface area contributed by atoms with Gasteiger partial charge in [0.25, 0.3) is 0 Å². The number of carbonyl (C=O) groups excluding carboxylic acids is 3. The number of hydrogen-bond acceptors (Lipinski definition) is 3. The highest BCUT2D eigenvalue weighted by molar-refractivity contribution is 6.08. The van der Waals surface area contributed by atoms with Crippen LogP contribution in [-0.4, -0.2) is 35.7 Å². The Morgan fingerprint density at radius 3 is 2.44 bits per heavy atom. The van der Waals surface area contributed by atoms with Crippen molar-refractivity contribution in [2.75, 3.05) is 13.1 Å². The molecule has 5 heteroatoms. The molecule has 2 bridgehead atoms. The van der Waals surface area contributed by atoms with Gasteiger partial charge in [-0.05, 0) is 35.8 Å². The van der Waals surface area contributed by atoms with E-state index in [2.05, 4.69) is 29.6 Å². The lowest BCUT2D eigenvalue weighted by atomic mass is 9.77. The summed E-state index contributed by atoms with van der Waals surface area (Å²) in [5.74, 6) is -0.303. The van der Waals surface area contributed by atoms with Crippen molar-refractivity contribution in [2.24, 2.45) is 23.7 Å². The van der Waals surface area contributed by atoms with Crippen molar-refractivity contribution >= 4 is 17.7 Å². The Hall–Kier alpha value is -2.43. The number of nitrogens with zero attached hydrogens (tertiary/aromatic N) is 1. The van der Waals surface area contributed by atoms with Gasteiger partial charge in [0.15, 0.2) is 0 Å². The van der Waals surface area contributed by atoms with Crippen molar-refractivity contribution in [2.45, 2.75) is 18.8 Å². The molecule has 5 nitrogen and oxygen atoms in total. The molecule has 1 aliphatic heterocycles. The van der Waals surface area contributed by atoms with Crippen molar-refractivity contribution in [3.8, 4) is 0 Å². The Labute approximate surface area is 146 Å². The third-order valence-corrected chi connectivity index (χ3v) is 6.37. The van der Waals surface area contributed by atoms with Gasteiger partial charge in [-0.2, -0.15) is 0 Å². The fraction of sp³-hybridized carbons (Fsp3) is 0.450. The third-order valence-electron chi connectivity index (χ3n) is 6.37. The zero-order chi connectivity index (χ0) is 17.1. The summed E-state index contributed by atoms with van der Waals surface area (Å²) in [4.78, 5) is 38.6. The van der Waals surface area contributed by atoms with E-state index in [-0.39, 0.29) is 47.9 Å². The predicted octanol–water partition coefficient (Wildman–Crippen LogP) is 1.25. The van der Waals surface area contributed by atoms with E-state index in [1.54, 1.807) is 0 Å². The van der Waals surface area contributed by atoms with Gasteiger partial charge < -0.3 is 5.32 Å². The van der Waals surface area contributed by atoms with Crippen molar-refractivity contribution in [3.63, 3.8) is 0 Å². The zero-order valence-electron chi connectivity index (χ0n) is 13.9. The van der Waals surface area contributed by atoms with Crippen LogP contribution in [0.1, 0.15) is 23.5 Å². The fourth-order valence-corrected chi connectivity index (χ4v) is 5.10. The number of imide groups is 1. The molecule has 1 aromatic rings. The van der Waals surface area contributed by atoms with Crippen molar-refractivity contribution in [1.29, 1.82) is 0 Å². The number of carbonyl (C=O) groups is 3. The third kappa shape index (κ3) is 2.11. The van der Waals surface area contributed by atoms with Crippen LogP contribution in [0, 0.1) is 23.7 Å². The maximum atomic E-state index is 12.6. The van der Waals surface area contributed by atoms with Crippen LogP contribution in [-0.2, 0) is 20.8 Å². The van der Waals surface area contributed by atoms with Gasteiger partial charge in [-0.3, -0.25) is 19.3 Å². The molecule has 3 aliphatic carbocycles. The Morgan fingerprint density at radius 2 is 1.76 bits per heavy atom. The molecule has 1 heterocycles. The van der Waals surface area contributed by atoms with Crippen molar-refractivity contribution < 1.29 is 14.4 Å². The Kier molecular flexibility index (Phi) is 3.14. The molecular weight excluding hydrogens is 316 g/mol. The Balaban J connectivity index is 1.20. The van der Waals surface area contributed by atoms with E-state index >= 15 is 0 Å². The zero-order valence-corrected chi connectivity index (χ0v) is 13.9. The van der Waals surface area contributed by atoms with Crippen LogP contribution in [0.15, 0.2) is 36.4 Å². The van der Waals surface area contributed by atoms with Gasteiger partial charge >= 0.3 is 0 Å². The van der Waals surface area contributed by atoms with Crippen molar-refractivity contribution in [1.82, 2.24) is 10.2 Å². The quantitative estimate of drug-likeness (QED) is 0.665. The number of benzene rings is 1. The molecule has 4 aliphatic rings. The summed E-state index contributed by atoms with van der Waals surface area (Å²) in [6.07, 6.45) is 6.01. The lowest BCUT2D eigenvalue weighted by molar-refractivity contribution is -0.144. The van der Waals surface area contributed by atoms with Gasteiger partial charge in [-0.1, -0.05) is 36.4 Å². The summed E-state index contributed by atoms with van der Waals surface area (Å²) >= 11 is 0. The number of fused-ring (bicyclic) bond motifs is 6. The molecule has 0 unspecified atom stereocenters. The van der Waals surface area contributed by atoms with E-state index < -0.39 is 0 Å². The van der Waals surface area contributed by atoms with E-state index in [9.17, 15) is 14.4 Å². The molecule has 0 radical (unpaired) electrons. The van der Waals surface area contributed by atoms with Gasteiger partial charge in [0.1, 0.15) is 6.54 Å². The van der Waals surface area contributed by atoms with Crippen LogP contribution in [0.5, 0.6) is 0 Å². The molecule has 1 aromatic carbocycles. The number of amides is 3. The van der Waals surface area contributed by atoms with Crippen LogP contribution in [0.25, 0.3) is 0 Å². The highest BCUT2D eigenvalue weighted by Crippen LogP contribution is 2.52. The van der Waals surface area contributed by atoms with Crippen LogP contribution in [0.3, 0.4) is 0 Å². The molecule has 0 aromatic heterocycles. The number of allylic oxidation sites excluding steroid dienone is 2. The molecule has 5 rings (SSSR count). The lowest BCUT2D eigenvalue weighted by Gasteiger charge is -2.30. The van der Waals surface area contributed by atoms with Gasteiger partial charge in [0, 0.05) is 12.5 Å². The van der Waals surface area contributed by atoms with Gasteiger partial charge in [-0.15, -0.1) is 0 Å². The van der Waals surface area contributed by atoms with Crippen LogP contribution < -0.4 is 5.32 Å². The smallest absolute Gasteiger partial charge is 0.240 e. The predicted molar refractivity (Wildman–Crippen MR) is 90.3 cm³/mol. The maximum Gasteiger partial charge on any atom is 0.240 e. The Bertz CT molecular complexity index is 785. The number of hydrogen-bond donors (Lipinski definition) is 1. The molecular formula is C20H20N2O3. The first-order valence-corrected chi connectivity index (χ1v) is 9.01. The average Bonchev–Trinajstić information content (AvgIpc) is 3.26. The lowest BCUT2D eigenvalue weighted by Crippen LogP contribution is -2.43. The van der Waals surface area contributed by atoms with Gasteiger partial charge in [0.05, 0.1) is 11.8 Å². The van der Waals surface area contributed by atoms with Crippen LogP contribution >= 0.6 is 0 Å². The van der Waals surface area contributed by atoms with E-state index in [1.165, 1.54) is 16.0 Å². The normalized spacial score (nSPS) is 34.1. The first kappa shape index (κ1) is 14.9. The summed E-state index contributed by atoms with van der Waals surface area (Å²) < 4.78 is 0. The molecule has 128 valence electrons. The SMILES string of the molecule is O=C(CN1C(=O)[C@H]2[C@H](C1=O)[C@H]1C=C[C@H]2C1)NC[C@@H]1Cc2ccccc21. The second-order valence-electron chi connectivity index (χ2n) is 7.67. The summed E-state index contributed by atoms with van der Waals surface area (Å²) in [6.45, 7) is 0.421. The van der Waals surface area contributed by atoms with Crippen molar-refractivity contribution in [3.05, 3.63) is 47.5 Å². The second kappa shape index (κ2) is 5.28. The molecule has 3 amide bonds. The highest BCUT2D eigenvalue weighted by atomic mass is 16.2. The minimum atomic E-state index is -0.244. The molecule has 1 N–H and O–H groups in total. The Morgan fingerprint density at radius 1 is 1.08 bits per heavy atom. The second-order valence-corrected chi connectivity index (χ2v) is 7.67.